The zero-order valence-electron chi connectivity index (χ0n) is 9.94. The molecule has 2 rings (SSSR count). The van der Waals surface area contributed by atoms with Crippen LogP contribution in [0.5, 0.6) is 0 Å². The first-order chi connectivity index (χ1) is 8.66. The molecule has 1 aromatic heterocycles. The number of carbonyl (C=O) groups is 1. The quantitative estimate of drug-likeness (QED) is 0.922. The molecule has 18 heavy (non-hydrogen) atoms. The Balaban J connectivity index is 1.86. The van der Waals surface area contributed by atoms with Crippen LogP contribution in [0.15, 0.2) is 29.6 Å². The molecule has 0 spiro atoms. The monoisotopic (exact) mass is 264 g/mol. The van der Waals surface area contributed by atoms with Crippen LogP contribution in [-0.2, 0) is 6.42 Å². The van der Waals surface area contributed by atoms with E-state index in [0.29, 0.717) is 23.5 Å². The van der Waals surface area contributed by atoms with Crippen LogP contribution in [-0.4, -0.2) is 17.4 Å². The van der Waals surface area contributed by atoms with Crippen LogP contribution in [0.1, 0.15) is 21.1 Å². The Morgan fingerprint density at radius 1 is 1.44 bits per heavy atom. The highest BCUT2D eigenvalue weighted by atomic mass is 32.1. The Hall–Kier alpha value is -1.75. The largest absolute Gasteiger partial charge is 0.350 e. The number of rotatable bonds is 4. The van der Waals surface area contributed by atoms with Gasteiger partial charge in [-0.3, -0.25) is 4.79 Å². The summed E-state index contributed by atoms with van der Waals surface area (Å²) in [6, 6.07) is 6.57. The van der Waals surface area contributed by atoms with E-state index < -0.39 is 0 Å². The third-order valence-electron chi connectivity index (χ3n) is 2.45. The molecule has 0 bridgehead atoms. The number of aromatic nitrogens is 1. The van der Waals surface area contributed by atoms with Crippen molar-refractivity contribution in [3.05, 3.63) is 51.7 Å². The first-order valence-corrected chi connectivity index (χ1v) is 6.48. The number of thiazole rings is 1. The molecule has 0 radical (unpaired) electrons. The fraction of sp³-hybridized carbons (Fsp3) is 0.231. The van der Waals surface area contributed by atoms with E-state index in [2.05, 4.69) is 10.3 Å². The lowest BCUT2D eigenvalue weighted by molar-refractivity contribution is 0.0953. The van der Waals surface area contributed by atoms with Gasteiger partial charge >= 0.3 is 0 Å². The molecule has 0 atom stereocenters. The molecule has 0 aliphatic heterocycles. The van der Waals surface area contributed by atoms with E-state index in [9.17, 15) is 9.18 Å². The van der Waals surface area contributed by atoms with E-state index in [0.717, 1.165) is 5.69 Å². The number of amides is 1. The van der Waals surface area contributed by atoms with Crippen molar-refractivity contribution in [2.75, 3.05) is 6.54 Å². The summed E-state index contributed by atoms with van der Waals surface area (Å²) < 4.78 is 13.3. The van der Waals surface area contributed by atoms with Crippen molar-refractivity contribution in [3.63, 3.8) is 0 Å². The highest BCUT2D eigenvalue weighted by Gasteiger charge is 2.09. The van der Waals surface area contributed by atoms with Crippen LogP contribution in [0.2, 0.25) is 0 Å². The second-order valence-corrected chi connectivity index (χ2v) is 4.75. The molecular formula is C13H13FN2OS. The number of hydrogen-bond acceptors (Lipinski definition) is 3. The summed E-state index contributed by atoms with van der Waals surface area (Å²) in [7, 11) is 0. The highest BCUT2D eigenvalue weighted by molar-refractivity contribution is 7.11. The highest BCUT2D eigenvalue weighted by Crippen LogP contribution is 2.09. The lowest BCUT2D eigenvalue weighted by Gasteiger charge is -2.04. The van der Waals surface area contributed by atoms with Gasteiger partial charge in [0.25, 0.3) is 5.91 Å². The molecule has 0 fully saturated rings. The average molecular weight is 264 g/mol. The standard InChI is InChI=1S/C13H13FN2OS/c1-9-8-18-13(16-9)12(17)15-7-6-10-4-2-3-5-11(10)14/h2-5,8H,6-7H2,1H3,(H,15,17). The maximum absolute atomic E-state index is 13.3. The summed E-state index contributed by atoms with van der Waals surface area (Å²) in [5.74, 6) is -0.443. The number of benzene rings is 1. The maximum Gasteiger partial charge on any atom is 0.280 e. The van der Waals surface area contributed by atoms with Crippen LogP contribution in [0, 0.1) is 12.7 Å². The third-order valence-corrected chi connectivity index (χ3v) is 3.41. The molecule has 5 heteroatoms. The summed E-state index contributed by atoms with van der Waals surface area (Å²) in [4.78, 5) is 15.8. The lowest BCUT2D eigenvalue weighted by atomic mass is 10.1. The number of hydrogen-bond donors (Lipinski definition) is 1. The van der Waals surface area contributed by atoms with Crippen molar-refractivity contribution >= 4 is 17.2 Å². The second-order valence-electron chi connectivity index (χ2n) is 3.89. The minimum absolute atomic E-state index is 0.204. The lowest BCUT2D eigenvalue weighted by Crippen LogP contribution is -2.25. The van der Waals surface area contributed by atoms with Crippen molar-refractivity contribution in [1.29, 1.82) is 0 Å². The van der Waals surface area contributed by atoms with Crippen molar-refractivity contribution < 1.29 is 9.18 Å². The minimum Gasteiger partial charge on any atom is -0.350 e. The van der Waals surface area contributed by atoms with Crippen molar-refractivity contribution in [1.82, 2.24) is 10.3 Å². The van der Waals surface area contributed by atoms with Gasteiger partial charge in [-0.15, -0.1) is 11.3 Å². The van der Waals surface area contributed by atoms with Gasteiger partial charge in [0.15, 0.2) is 5.01 Å². The fourth-order valence-electron chi connectivity index (χ4n) is 1.55. The van der Waals surface area contributed by atoms with E-state index in [1.807, 2.05) is 12.3 Å². The molecular weight excluding hydrogens is 251 g/mol. The number of nitrogens with one attached hydrogen (secondary N) is 1. The molecule has 0 aliphatic rings. The number of aryl methyl sites for hydroxylation is 1. The van der Waals surface area contributed by atoms with Gasteiger partial charge in [0.2, 0.25) is 0 Å². The van der Waals surface area contributed by atoms with Gasteiger partial charge in [-0.25, -0.2) is 9.37 Å². The second kappa shape index (κ2) is 5.73. The first kappa shape index (κ1) is 12.7. The van der Waals surface area contributed by atoms with Gasteiger partial charge in [-0.1, -0.05) is 18.2 Å². The number of carbonyl (C=O) groups excluding carboxylic acids is 1. The van der Waals surface area contributed by atoms with Crippen molar-refractivity contribution in [2.45, 2.75) is 13.3 Å². The van der Waals surface area contributed by atoms with Gasteiger partial charge in [0.05, 0.1) is 0 Å². The Morgan fingerprint density at radius 3 is 2.89 bits per heavy atom. The summed E-state index contributed by atoms with van der Waals surface area (Å²) in [6.45, 7) is 2.24. The van der Waals surface area contributed by atoms with E-state index in [-0.39, 0.29) is 11.7 Å². The molecule has 94 valence electrons. The van der Waals surface area contributed by atoms with Gasteiger partial charge in [0, 0.05) is 17.6 Å². The predicted molar refractivity (Wildman–Crippen MR) is 69.3 cm³/mol. The molecule has 1 N–H and O–H groups in total. The number of halogens is 1. The molecule has 0 aliphatic carbocycles. The topological polar surface area (TPSA) is 42.0 Å². The smallest absolute Gasteiger partial charge is 0.280 e. The summed E-state index contributed by atoms with van der Waals surface area (Å²) in [6.07, 6.45) is 0.475. The van der Waals surface area contributed by atoms with Crippen LogP contribution in [0.3, 0.4) is 0 Å². The fourth-order valence-corrected chi connectivity index (χ4v) is 2.26. The Morgan fingerprint density at radius 2 is 2.22 bits per heavy atom. The number of nitrogens with zero attached hydrogens (tertiary/aromatic N) is 1. The molecule has 3 nitrogen and oxygen atoms in total. The van der Waals surface area contributed by atoms with Crippen LogP contribution < -0.4 is 5.32 Å². The third kappa shape index (κ3) is 3.13. The maximum atomic E-state index is 13.3. The van der Waals surface area contributed by atoms with Gasteiger partial charge in [0.1, 0.15) is 5.82 Å². The summed E-state index contributed by atoms with van der Waals surface area (Å²) >= 11 is 1.31. The summed E-state index contributed by atoms with van der Waals surface area (Å²) in [5, 5.41) is 5.00. The van der Waals surface area contributed by atoms with Gasteiger partial charge < -0.3 is 5.32 Å². The van der Waals surface area contributed by atoms with E-state index >= 15 is 0 Å². The molecule has 1 heterocycles. The molecule has 1 aromatic carbocycles. The molecule has 0 saturated carbocycles. The minimum atomic E-state index is -0.239. The van der Waals surface area contributed by atoms with E-state index in [4.69, 9.17) is 0 Å². The van der Waals surface area contributed by atoms with Crippen LogP contribution in [0.25, 0.3) is 0 Å². The Bertz CT molecular complexity index is 553. The molecule has 0 saturated heterocycles. The summed E-state index contributed by atoms with van der Waals surface area (Å²) in [5.41, 5.74) is 1.44. The first-order valence-electron chi connectivity index (χ1n) is 5.60. The van der Waals surface area contributed by atoms with Crippen molar-refractivity contribution in [3.8, 4) is 0 Å². The molecule has 1 amide bonds. The van der Waals surface area contributed by atoms with Crippen molar-refractivity contribution in [2.24, 2.45) is 0 Å². The SMILES string of the molecule is Cc1csc(C(=O)NCCc2ccccc2F)n1. The van der Waals surface area contributed by atoms with E-state index in [1.54, 1.807) is 18.2 Å². The predicted octanol–water partition coefficient (Wildman–Crippen LogP) is 2.56. The normalized spacial score (nSPS) is 10.3. The van der Waals surface area contributed by atoms with E-state index in [1.165, 1.54) is 17.4 Å². The zero-order chi connectivity index (χ0) is 13.0. The van der Waals surface area contributed by atoms with Crippen LogP contribution in [0.4, 0.5) is 4.39 Å². The average Bonchev–Trinajstić information content (AvgIpc) is 2.78. The van der Waals surface area contributed by atoms with Crippen LogP contribution >= 0.6 is 11.3 Å². The molecule has 0 unspecified atom stereocenters. The van der Waals surface area contributed by atoms with Gasteiger partial charge in [-0.05, 0) is 25.0 Å². The van der Waals surface area contributed by atoms with Gasteiger partial charge in [-0.2, -0.15) is 0 Å². The molecule has 2 aromatic rings. The zero-order valence-corrected chi connectivity index (χ0v) is 10.8. The Kier molecular flexibility index (Phi) is 4.04. The Labute approximate surface area is 109 Å².